The second kappa shape index (κ2) is 4.75. The van der Waals surface area contributed by atoms with Gasteiger partial charge >= 0.3 is 17.9 Å². The normalized spacial score (nSPS) is 18.1. The summed E-state index contributed by atoms with van der Waals surface area (Å²) >= 11 is 0. The summed E-state index contributed by atoms with van der Waals surface area (Å²) in [6, 6.07) is 5.93. The van der Waals surface area contributed by atoms with Gasteiger partial charge in [0.25, 0.3) is 0 Å². The lowest BCUT2D eigenvalue weighted by Gasteiger charge is -2.29. The lowest BCUT2D eigenvalue weighted by atomic mass is 10.1. The Hall–Kier alpha value is -1.92. The van der Waals surface area contributed by atoms with E-state index in [-0.39, 0.29) is 6.61 Å². The number of fused-ring (bicyclic) bond motifs is 7. The highest BCUT2D eigenvalue weighted by molar-refractivity contribution is 5.93. The van der Waals surface area contributed by atoms with Gasteiger partial charge in [-0.3, -0.25) is 0 Å². The molecular formula is C12H12O6. The minimum Gasteiger partial charge on any atom is -0.452 e. The Morgan fingerprint density at radius 3 is 2.00 bits per heavy atom. The van der Waals surface area contributed by atoms with Gasteiger partial charge in [-0.15, -0.1) is 0 Å². The highest BCUT2D eigenvalue weighted by Gasteiger charge is 2.38. The van der Waals surface area contributed by atoms with Crippen LogP contribution in [0.2, 0.25) is 0 Å². The van der Waals surface area contributed by atoms with E-state index in [9.17, 15) is 9.59 Å². The van der Waals surface area contributed by atoms with Gasteiger partial charge in [-0.25, -0.2) is 9.59 Å². The Kier molecular flexibility index (Phi) is 3.31. The molecule has 0 aromatic heterocycles. The molecule has 0 aliphatic carbocycles. The molecule has 6 nitrogen and oxygen atoms in total. The molecule has 0 saturated heterocycles. The van der Waals surface area contributed by atoms with E-state index in [0.29, 0.717) is 11.1 Å². The predicted octanol–water partition coefficient (Wildman–Crippen LogP) is 0.960. The standard InChI is InChI=1S/C12H12O6/c1-15-12(16-2)7-17-10(13)8-3-5-9(6-4-8)11(14)18-12/h3-6H,7H2,1-2H3. The third-order valence-electron chi connectivity index (χ3n) is 2.61. The van der Waals surface area contributed by atoms with Crippen molar-refractivity contribution in [2.24, 2.45) is 0 Å². The molecule has 96 valence electrons. The zero-order chi connectivity index (χ0) is 13.2. The van der Waals surface area contributed by atoms with Crippen LogP contribution in [0.5, 0.6) is 0 Å². The number of hydrogen-bond acceptors (Lipinski definition) is 6. The number of ether oxygens (including phenoxy) is 4. The minimum absolute atomic E-state index is 0.298. The molecule has 6 heteroatoms. The van der Waals surface area contributed by atoms with Crippen molar-refractivity contribution in [1.29, 1.82) is 0 Å². The maximum absolute atomic E-state index is 11.8. The maximum atomic E-state index is 11.8. The summed E-state index contributed by atoms with van der Waals surface area (Å²) in [5, 5.41) is 0. The fourth-order valence-electron chi connectivity index (χ4n) is 1.49. The molecule has 1 aromatic carbocycles. The number of rotatable bonds is 2. The first kappa shape index (κ1) is 12.5. The van der Waals surface area contributed by atoms with Gasteiger partial charge in [-0.05, 0) is 24.3 Å². The quantitative estimate of drug-likeness (QED) is 0.576. The molecule has 0 atom stereocenters. The van der Waals surface area contributed by atoms with Gasteiger partial charge in [0.15, 0.2) is 6.61 Å². The number of carbonyl (C=O) groups is 2. The third kappa shape index (κ3) is 2.20. The van der Waals surface area contributed by atoms with Crippen LogP contribution in [0, 0.1) is 0 Å². The summed E-state index contributed by atoms with van der Waals surface area (Å²) in [5.41, 5.74) is 0.640. The van der Waals surface area contributed by atoms with Crippen molar-refractivity contribution in [2.75, 3.05) is 20.8 Å². The number of carbonyl (C=O) groups excluding carboxylic acids is 2. The number of esters is 2. The van der Waals surface area contributed by atoms with Crippen LogP contribution in [0.4, 0.5) is 0 Å². The van der Waals surface area contributed by atoms with Crippen LogP contribution in [0.1, 0.15) is 20.7 Å². The molecule has 0 radical (unpaired) electrons. The third-order valence-corrected chi connectivity index (χ3v) is 2.61. The van der Waals surface area contributed by atoms with E-state index in [1.54, 1.807) is 0 Å². The lowest BCUT2D eigenvalue weighted by molar-refractivity contribution is -0.347. The van der Waals surface area contributed by atoms with Crippen molar-refractivity contribution in [1.82, 2.24) is 0 Å². The fraction of sp³-hybridized carbons (Fsp3) is 0.333. The SMILES string of the molecule is COC1(OC)COC(=O)c2ccc(cc2)C(=O)O1. The Morgan fingerprint density at radius 1 is 1.00 bits per heavy atom. The Morgan fingerprint density at radius 2 is 1.50 bits per heavy atom. The lowest BCUT2D eigenvalue weighted by Crippen LogP contribution is -2.44. The van der Waals surface area contributed by atoms with E-state index in [0.717, 1.165) is 0 Å². The number of hydrogen-bond donors (Lipinski definition) is 0. The zero-order valence-corrected chi connectivity index (χ0v) is 9.97. The van der Waals surface area contributed by atoms with Crippen LogP contribution in [0.15, 0.2) is 24.3 Å². The van der Waals surface area contributed by atoms with Crippen molar-refractivity contribution in [2.45, 2.75) is 5.97 Å². The summed E-state index contributed by atoms with van der Waals surface area (Å²) in [4.78, 5) is 23.5. The monoisotopic (exact) mass is 252 g/mol. The maximum Gasteiger partial charge on any atom is 0.365 e. The van der Waals surface area contributed by atoms with Gasteiger partial charge in [0.05, 0.1) is 11.1 Å². The molecule has 18 heavy (non-hydrogen) atoms. The van der Waals surface area contributed by atoms with Crippen molar-refractivity contribution >= 4 is 11.9 Å². The minimum atomic E-state index is -1.72. The van der Waals surface area contributed by atoms with Gasteiger partial charge < -0.3 is 18.9 Å². The van der Waals surface area contributed by atoms with E-state index in [1.807, 2.05) is 0 Å². The molecule has 2 aliphatic heterocycles. The molecule has 0 N–H and O–H groups in total. The van der Waals surface area contributed by atoms with E-state index in [4.69, 9.17) is 18.9 Å². The number of methoxy groups -OCH3 is 2. The van der Waals surface area contributed by atoms with Gasteiger partial charge in [0.2, 0.25) is 0 Å². The average Bonchev–Trinajstić information content (AvgIpc) is 2.42. The van der Waals surface area contributed by atoms with Crippen molar-refractivity contribution in [3.05, 3.63) is 35.4 Å². The van der Waals surface area contributed by atoms with Gasteiger partial charge in [-0.1, -0.05) is 0 Å². The van der Waals surface area contributed by atoms with Gasteiger partial charge in [-0.2, -0.15) is 0 Å². The molecule has 2 aliphatic rings. The molecule has 3 rings (SSSR count). The Labute approximate surface area is 103 Å². The first-order valence-corrected chi connectivity index (χ1v) is 5.21. The second-order valence-corrected chi connectivity index (χ2v) is 3.63. The smallest absolute Gasteiger partial charge is 0.365 e. The van der Waals surface area contributed by atoms with E-state index in [2.05, 4.69) is 0 Å². The van der Waals surface area contributed by atoms with Gasteiger partial charge in [0, 0.05) is 14.2 Å². The first-order chi connectivity index (χ1) is 8.60. The van der Waals surface area contributed by atoms with E-state index < -0.39 is 17.9 Å². The molecule has 1 aromatic rings. The average molecular weight is 252 g/mol. The first-order valence-electron chi connectivity index (χ1n) is 5.21. The molecule has 2 heterocycles. The van der Waals surface area contributed by atoms with Crippen molar-refractivity contribution < 1.29 is 28.5 Å². The largest absolute Gasteiger partial charge is 0.452 e. The van der Waals surface area contributed by atoms with Crippen molar-refractivity contribution in [3.63, 3.8) is 0 Å². The van der Waals surface area contributed by atoms with Gasteiger partial charge in [0.1, 0.15) is 0 Å². The van der Waals surface area contributed by atoms with E-state index >= 15 is 0 Å². The van der Waals surface area contributed by atoms with Crippen LogP contribution >= 0.6 is 0 Å². The highest BCUT2D eigenvalue weighted by Crippen LogP contribution is 2.20. The Balaban J connectivity index is 2.40. The molecule has 0 spiro atoms. The fourth-order valence-corrected chi connectivity index (χ4v) is 1.49. The van der Waals surface area contributed by atoms with Crippen LogP contribution < -0.4 is 0 Å². The van der Waals surface area contributed by atoms with Crippen LogP contribution in [0.25, 0.3) is 0 Å². The number of benzene rings is 1. The highest BCUT2D eigenvalue weighted by atomic mass is 16.9. The molecule has 2 bridgehead atoms. The van der Waals surface area contributed by atoms with Crippen molar-refractivity contribution in [3.8, 4) is 0 Å². The topological polar surface area (TPSA) is 71.1 Å². The summed E-state index contributed by atoms with van der Waals surface area (Å²) in [6.07, 6.45) is 0. The van der Waals surface area contributed by atoms with E-state index in [1.165, 1.54) is 38.5 Å². The zero-order valence-electron chi connectivity index (χ0n) is 9.97. The summed E-state index contributed by atoms with van der Waals surface area (Å²) in [5.74, 6) is -2.89. The predicted molar refractivity (Wildman–Crippen MR) is 58.9 cm³/mol. The molecule has 0 saturated carbocycles. The molecule has 0 fully saturated rings. The summed E-state index contributed by atoms with van der Waals surface area (Å²) in [7, 11) is 2.58. The summed E-state index contributed by atoms with van der Waals surface area (Å²) < 4.78 is 20.0. The molecular weight excluding hydrogens is 240 g/mol. The summed E-state index contributed by atoms with van der Waals surface area (Å²) in [6.45, 7) is -0.344. The van der Waals surface area contributed by atoms with Crippen LogP contribution in [-0.2, 0) is 18.9 Å². The van der Waals surface area contributed by atoms with Crippen LogP contribution in [-0.4, -0.2) is 38.7 Å². The molecule has 0 amide bonds. The molecule has 0 unspecified atom stereocenters. The van der Waals surface area contributed by atoms with Crippen LogP contribution in [0.3, 0.4) is 0 Å². The second-order valence-electron chi connectivity index (χ2n) is 3.63. The Bertz CT molecular complexity index is 460.